The largest absolute Gasteiger partial charge is 0.449 e. The van der Waals surface area contributed by atoms with E-state index in [1.807, 2.05) is 0 Å². The maximum Gasteiger partial charge on any atom is 0.343 e. The van der Waals surface area contributed by atoms with Gasteiger partial charge in [-0.1, -0.05) is 0 Å². The molecular formula is C14H21N3O5S2. The number of nitrogens with zero attached hydrogens (tertiary/aromatic N) is 2. The molecule has 10 heteroatoms. The van der Waals surface area contributed by atoms with Crippen molar-refractivity contribution in [3.8, 4) is 0 Å². The first-order valence-electron chi connectivity index (χ1n) is 7.48. The molecule has 0 aliphatic carbocycles. The molecule has 2 heterocycles. The maximum atomic E-state index is 12.4. The van der Waals surface area contributed by atoms with Crippen molar-refractivity contribution in [2.45, 2.75) is 32.4 Å². The summed E-state index contributed by atoms with van der Waals surface area (Å²) in [6.07, 6.45) is -0.599. The van der Waals surface area contributed by atoms with Gasteiger partial charge in [0.05, 0.1) is 17.2 Å². The fourth-order valence-electron chi connectivity index (χ4n) is 2.60. The number of aryl methyl sites for hydroxylation is 1. The Morgan fingerprint density at radius 1 is 1.46 bits per heavy atom. The molecule has 1 aliphatic rings. The summed E-state index contributed by atoms with van der Waals surface area (Å²) in [5.41, 5.74) is 0.845. The van der Waals surface area contributed by atoms with Crippen LogP contribution in [-0.4, -0.2) is 67.3 Å². The lowest BCUT2D eigenvalue weighted by atomic mass is 10.2. The van der Waals surface area contributed by atoms with Crippen LogP contribution in [-0.2, 0) is 19.4 Å². The highest BCUT2D eigenvalue weighted by Crippen LogP contribution is 2.25. The van der Waals surface area contributed by atoms with Crippen molar-refractivity contribution in [2.24, 2.45) is 0 Å². The molecule has 1 saturated heterocycles. The Morgan fingerprint density at radius 3 is 2.67 bits per heavy atom. The van der Waals surface area contributed by atoms with Gasteiger partial charge in [0.15, 0.2) is 15.9 Å². The lowest BCUT2D eigenvalue weighted by molar-refractivity contribution is -0.140. The van der Waals surface area contributed by atoms with Crippen molar-refractivity contribution >= 4 is 38.2 Å². The molecule has 0 radical (unpaired) electrons. The maximum absolute atomic E-state index is 12.4. The van der Waals surface area contributed by atoms with Crippen LogP contribution in [0.1, 0.15) is 29.4 Å². The normalized spacial score (nSPS) is 20.4. The fourth-order valence-corrected chi connectivity index (χ4v) is 5.11. The number of nitrogens with one attached hydrogen (secondary N) is 1. The van der Waals surface area contributed by atoms with E-state index in [0.29, 0.717) is 22.7 Å². The Labute approximate surface area is 145 Å². The smallest absolute Gasteiger partial charge is 0.343 e. The van der Waals surface area contributed by atoms with Gasteiger partial charge in [0.25, 0.3) is 5.91 Å². The van der Waals surface area contributed by atoms with Crippen molar-refractivity contribution in [3.63, 3.8) is 0 Å². The summed E-state index contributed by atoms with van der Waals surface area (Å²) in [4.78, 5) is 26.1. The molecule has 0 unspecified atom stereocenters. The van der Waals surface area contributed by atoms with Crippen LogP contribution in [0.5, 0.6) is 0 Å². The van der Waals surface area contributed by atoms with E-state index in [1.54, 1.807) is 14.0 Å². The average molecular weight is 375 g/mol. The third-order valence-corrected chi connectivity index (χ3v) is 6.74. The van der Waals surface area contributed by atoms with Gasteiger partial charge >= 0.3 is 5.97 Å². The standard InChI is InChI=1S/C14H21N3O5S2/c1-8-11(12(15-3)23-16-8)14(19)22-9(2)13(18)17(4)10-5-6-24(20,21)7-10/h9-10,15H,5-7H2,1-4H3/t9-,10+/m1/s1. The van der Waals surface area contributed by atoms with Crippen LogP contribution in [0, 0.1) is 6.92 Å². The molecule has 0 saturated carbocycles. The zero-order chi connectivity index (χ0) is 18.1. The van der Waals surface area contributed by atoms with E-state index in [4.69, 9.17) is 4.74 Å². The number of ether oxygens (including phenoxy) is 1. The molecule has 0 bridgehead atoms. The number of carbonyl (C=O) groups excluding carboxylic acids is 2. The number of likely N-dealkylation sites (N-methyl/N-ethyl adjacent to an activating group) is 1. The summed E-state index contributed by atoms with van der Waals surface area (Å²) in [6.45, 7) is 3.17. The van der Waals surface area contributed by atoms with Crippen LogP contribution in [0.2, 0.25) is 0 Å². The van der Waals surface area contributed by atoms with Crippen molar-refractivity contribution < 1.29 is 22.7 Å². The molecule has 8 nitrogen and oxygen atoms in total. The first-order chi connectivity index (χ1) is 11.2. The molecule has 24 heavy (non-hydrogen) atoms. The van der Waals surface area contributed by atoms with Gasteiger partial charge in [-0.15, -0.1) is 0 Å². The topological polar surface area (TPSA) is 106 Å². The monoisotopic (exact) mass is 375 g/mol. The van der Waals surface area contributed by atoms with E-state index in [1.165, 1.54) is 18.9 Å². The molecule has 1 aromatic rings. The van der Waals surface area contributed by atoms with Crippen molar-refractivity contribution in [2.75, 3.05) is 30.9 Å². The number of rotatable bonds is 5. The minimum Gasteiger partial charge on any atom is -0.449 e. The lowest BCUT2D eigenvalue weighted by Crippen LogP contribution is -2.44. The van der Waals surface area contributed by atoms with Crippen molar-refractivity contribution in [1.29, 1.82) is 0 Å². The highest BCUT2D eigenvalue weighted by Gasteiger charge is 2.35. The molecule has 1 amide bonds. The minimum absolute atomic E-state index is 0.0482. The molecule has 134 valence electrons. The van der Waals surface area contributed by atoms with Crippen LogP contribution in [0.15, 0.2) is 0 Å². The molecule has 1 N–H and O–H groups in total. The second-order valence-corrected chi connectivity index (χ2v) is 8.78. The van der Waals surface area contributed by atoms with Gasteiger partial charge in [-0.25, -0.2) is 13.2 Å². The first kappa shape index (κ1) is 18.7. The molecule has 1 aliphatic heterocycles. The molecule has 2 atom stereocenters. The van der Waals surface area contributed by atoms with E-state index in [-0.39, 0.29) is 17.5 Å². The number of esters is 1. The lowest BCUT2D eigenvalue weighted by Gasteiger charge is -2.26. The predicted molar refractivity (Wildman–Crippen MR) is 91.1 cm³/mol. The molecule has 1 fully saturated rings. The number of sulfone groups is 1. The van der Waals surface area contributed by atoms with Gasteiger partial charge < -0.3 is 15.0 Å². The highest BCUT2D eigenvalue weighted by molar-refractivity contribution is 7.91. The number of anilines is 1. The van der Waals surface area contributed by atoms with Crippen LogP contribution in [0.3, 0.4) is 0 Å². The Hall–Kier alpha value is -1.68. The van der Waals surface area contributed by atoms with E-state index < -0.39 is 27.8 Å². The average Bonchev–Trinajstić information content (AvgIpc) is 3.07. The summed E-state index contributed by atoms with van der Waals surface area (Å²) < 4.78 is 32.4. The molecule has 1 aromatic heterocycles. The first-order valence-corrected chi connectivity index (χ1v) is 10.1. The van der Waals surface area contributed by atoms with Crippen molar-refractivity contribution in [3.05, 3.63) is 11.3 Å². The number of hydrogen-bond acceptors (Lipinski definition) is 8. The second-order valence-electron chi connectivity index (χ2n) is 5.78. The van der Waals surface area contributed by atoms with Gasteiger partial charge in [-0.05, 0) is 31.8 Å². The Morgan fingerprint density at radius 2 is 2.12 bits per heavy atom. The zero-order valence-corrected chi connectivity index (χ0v) is 15.7. The SMILES string of the molecule is CNc1snc(C)c1C(=O)O[C@H](C)C(=O)N(C)[C@H]1CCS(=O)(=O)C1. The van der Waals surface area contributed by atoms with Gasteiger partial charge in [-0.3, -0.25) is 4.79 Å². The quantitative estimate of drug-likeness (QED) is 0.755. The van der Waals surface area contributed by atoms with Crippen LogP contribution in [0.25, 0.3) is 0 Å². The second kappa shape index (κ2) is 7.06. The van der Waals surface area contributed by atoms with E-state index >= 15 is 0 Å². The third kappa shape index (κ3) is 3.86. The summed E-state index contributed by atoms with van der Waals surface area (Å²) in [6, 6.07) is -0.374. The van der Waals surface area contributed by atoms with Gasteiger partial charge in [0.1, 0.15) is 10.6 Å². The van der Waals surface area contributed by atoms with E-state index in [9.17, 15) is 18.0 Å². The van der Waals surface area contributed by atoms with Gasteiger partial charge in [0, 0.05) is 20.1 Å². The van der Waals surface area contributed by atoms with Crippen LogP contribution < -0.4 is 5.32 Å². The number of amides is 1. The Bertz CT molecular complexity index is 744. The van der Waals surface area contributed by atoms with Crippen LogP contribution >= 0.6 is 11.5 Å². The Kier molecular flexibility index (Phi) is 5.49. The summed E-state index contributed by atoms with van der Waals surface area (Å²) in [5.74, 6) is -1.02. The summed E-state index contributed by atoms with van der Waals surface area (Å²) in [7, 11) is 0.120. The minimum atomic E-state index is -3.09. The molecule has 0 spiro atoms. The molecule has 2 rings (SSSR count). The van der Waals surface area contributed by atoms with Crippen LogP contribution in [0.4, 0.5) is 5.00 Å². The fraction of sp³-hybridized carbons (Fsp3) is 0.643. The highest BCUT2D eigenvalue weighted by atomic mass is 32.2. The van der Waals surface area contributed by atoms with Crippen molar-refractivity contribution in [1.82, 2.24) is 9.27 Å². The molecular weight excluding hydrogens is 354 g/mol. The summed E-state index contributed by atoms with van der Waals surface area (Å²) >= 11 is 1.14. The van der Waals surface area contributed by atoms with E-state index in [2.05, 4.69) is 9.69 Å². The summed E-state index contributed by atoms with van der Waals surface area (Å²) in [5, 5.41) is 3.45. The van der Waals surface area contributed by atoms with E-state index in [0.717, 1.165) is 11.5 Å². The number of carbonyl (C=O) groups is 2. The predicted octanol–water partition coefficient (Wildman–Crippen LogP) is 0.684. The zero-order valence-electron chi connectivity index (χ0n) is 14.0. The number of hydrogen-bond donors (Lipinski definition) is 1. The Balaban J connectivity index is 2.03. The van der Waals surface area contributed by atoms with Gasteiger partial charge in [-0.2, -0.15) is 4.37 Å². The molecule has 0 aromatic carbocycles. The van der Waals surface area contributed by atoms with Gasteiger partial charge in [0.2, 0.25) is 0 Å². The number of aromatic nitrogens is 1. The third-order valence-electron chi connectivity index (χ3n) is 4.03.